The zero-order valence-electron chi connectivity index (χ0n) is 15.8. The van der Waals surface area contributed by atoms with Crippen molar-refractivity contribution in [1.29, 1.82) is 0 Å². The van der Waals surface area contributed by atoms with Crippen LogP contribution in [0.4, 0.5) is 0 Å². The summed E-state index contributed by atoms with van der Waals surface area (Å²) in [7, 11) is 2.20. The van der Waals surface area contributed by atoms with Gasteiger partial charge in [-0.25, -0.2) is 0 Å². The summed E-state index contributed by atoms with van der Waals surface area (Å²) in [6.07, 6.45) is 0. The van der Waals surface area contributed by atoms with Crippen LogP contribution in [0, 0.1) is 0 Å². The summed E-state index contributed by atoms with van der Waals surface area (Å²) >= 11 is 0. The highest BCUT2D eigenvalue weighted by molar-refractivity contribution is 5.64. The number of likely N-dealkylation sites (N-methyl/N-ethyl adjacent to an activating group) is 1. The van der Waals surface area contributed by atoms with Gasteiger partial charge < -0.3 is 9.64 Å². The van der Waals surface area contributed by atoms with Crippen molar-refractivity contribution >= 4 is 0 Å². The van der Waals surface area contributed by atoms with E-state index in [2.05, 4.69) is 53.2 Å². The van der Waals surface area contributed by atoms with Crippen LogP contribution in [0.5, 0.6) is 11.5 Å². The Morgan fingerprint density at radius 1 is 0.667 bits per heavy atom. The number of hydrogen-bond donors (Lipinski definition) is 0. The minimum atomic E-state index is 0.858. The lowest BCUT2D eigenvalue weighted by atomic mass is 10.0. The van der Waals surface area contributed by atoms with Crippen molar-refractivity contribution < 1.29 is 4.74 Å². The van der Waals surface area contributed by atoms with Crippen molar-refractivity contribution in [3.05, 3.63) is 84.4 Å². The standard InChI is InChI=1S/C24H26N2O/c1-25-15-17-26(18-16-25)19-20-7-9-21(10-8-20)22-11-13-24(14-12-22)27-23-5-3-2-4-6-23/h2-14H,15-19H2,1H3. The van der Waals surface area contributed by atoms with Crippen molar-refractivity contribution in [2.24, 2.45) is 0 Å². The van der Waals surface area contributed by atoms with Crippen LogP contribution in [0.3, 0.4) is 0 Å². The molecule has 1 heterocycles. The fourth-order valence-electron chi connectivity index (χ4n) is 3.41. The Kier molecular flexibility index (Phi) is 5.52. The topological polar surface area (TPSA) is 15.7 Å². The van der Waals surface area contributed by atoms with Crippen LogP contribution in [0.15, 0.2) is 78.9 Å². The maximum absolute atomic E-state index is 5.87. The molecule has 0 bridgehead atoms. The van der Waals surface area contributed by atoms with Crippen LogP contribution < -0.4 is 4.74 Å². The van der Waals surface area contributed by atoms with Gasteiger partial charge in [0.2, 0.25) is 0 Å². The molecule has 0 aliphatic carbocycles. The Hall–Kier alpha value is -2.62. The van der Waals surface area contributed by atoms with Crippen LogP contribution in [-0.2, 0) is 6.54 Å². The predicted octanol–water partition coefficient (Wildman–Crippen LogP) is 4.89. The largest absolute Gasteiger partial charge is 0.457 e. The predicted molar refractivity (Wildman–Crippen MR) is 111 cm³/mol. The molecule has 0 saturated carbocycles. The second-order valence-electron chi connectivity index (χ2n) is 7.22. The number of rotatable bonds is 5. The number of piperazine rings is 1. The fraction of sp³-hybridized carbons (Fsp3) is 0.250. The van der Waals surface area contributed by atoms with Crippen molar-refractivity contribution in [3.8, 4) is 22.6 Å². The van der Waals surface area contributed by atoms with Gasteiger partial charge in [-0.15, -0.1) is 0 Å². The smallest absolute Gasteiger partial charge is 0.127 e. The molecular weight excluding hydrogens is 332 g/mol. The van der Waals surface area contributed by atoms with Gasteiger partial charge in [-0.05, 0) is 48.0 Å². The molecule has 1 fully saturated rings. The molecule has 0 atom stereocenters. The summed E-state index contributed by atoms with van der Waals surface area (Å²) < 4.78 is 5.87. The first-order valence-corrected chi connectivity index (χ1v) is 9.59. The van der Waals surface area contributed by atoms with Gasteiger partial charge in [-0.2, -0.15) is 0 Å². The van der Waals surface area contributed by atoms with E-state index in [0.29, 0.717) is 0 Å². The van der Waals surface area contributed by atoms with Gasteiger partial charge in [-0.3, -0.25) is 4.90 Å². The maximum atomic E-state index is 5.87. The second kappa shape index (κ2) is 8.38. The average molecular weight is 358 g/mol. The first-order valence-electron chi connectivity index (χ1n) is 9.59. The van der Waals surface area contributed by atoms with Gasteiger partial charge in [0, 0.05) is 32.7 Å². The number of hydrogen-bond acceptors (Lipinski definition) is 3. The minimum Gasteiger partial charge on any atom is -0.457 e. The van der Waals surface area contributed by atoms with E-state index in [0.717, 1.165) is 44.2 Å². The number of ether oxygens (including phenoxy) is 1. The molecule has 3 nitrogen and oxygen atoms in total. The second-order valence-corrected chi connectivity index (χ2v) is 7.22. The number of nitrogens with zero attached hydrogens (tertiary/aromatic N) is 2. The monoisotopic (exact) mass is 358 g/mol. The Labute approximate surface area is 161 Å². The van der Waals surface area contributed by atoms with Gasteiger partial charge in [-0.1, -0.05) is 54.6 Å². The van der Waals surface area contributed by atoms with E-state index in [-0.39, 0.29) is 0 Å². The molecule has 3 aromatic carbocycles. The fourth-order valence-corrected chi connectivity index (χ4v) is 3.41. The van der Waals surface area contributed by atoms with E-state index in [1.54, 1.807) is 0 Å². The Bertz CT molecular complexity index is 836. The van der Waals surface area contributed by atoms with E-state index in [4.69, 9.17) is 4.74 Å². The summed E-state index contributed by atoms with van der Waals surface area (Å²) in [6, 6.07) is 27.1. The molecule has 0 amide bonds. The van der Waals surface area contributed by atoms with E-state index < -0.39 is 0 Å². The van der Waals surface area contributed by atoms with Gasteiger partial charge in [0.25, 0.3) is 0 Å². The average Bonchev–Trinajstić information content (AvgIpc) is 2.72. The number of para-hydroxylation sites is 1. The maximum Gasteiger partial charge on any atom is 0.127 e. The zero-order valence-corrected chi connectivity index (χ0v) is 15.8. The molecule has 3 heteroatoms. The molecule has 4 rings (SSSR count). The lowest BCUT2D eigenvalue weighted by Crippen LogP contribution is -2.43. The minimum absolute atomic E-state index is 0.858. The summed E-state index contributed by atoms with van der Waals surface area (Å²) in [4.78, 5) is 4.93. The third kappa shape index (κ3) is 4.76. The SMILES string of the molecule is CN1CCN(Cc2ccc(-c3ccc(Oc4ccccc4)cc3)cc2)CC1. The lowest BCUT2D eigenvalue weighted by molar-refractivity contribution is 0.148. The summed E-state index contributed by atoms with van der Waals surface area (Å²) in [5.74, 6) is 1.72. The van der Waals surface area contributed by atoms with Gasteiger partial charge in [0.05, 0.1) is 0 Å². The summed E-state index contributed by atoms with van der Waals surface area (Å²) in [6.45, 7) is 5.67. The summed E-state index contributed by atoms with van der Waals surface area (Å²) in [5, 5.41) is 0. The molecule has 0 radical (unpaired) electrons. The summed E-state index contributed by atoms with van der Waals surface area (Å²) in [5.41, 5.74) is 3.83. The normalized spacial score (nSPS) is 15.6. The van der Waals surface area contributed by atoms with Crippen LogP contribution in [0.25, 0.3) is 11.1 Å². The molecule has 0 spiro atoms. The van der Waals surface area contributed by atoms with E-state index in [1.165, 1.54) is 16.7 Å². The molecule has 1 saturated heterocycles. The highest BCUT2D eigenvalue weighted by atomic mass is 16.5. The Morgan fingerprint density at radius 2 is 1.22 bits per heavy atom. The van der Waals surface area contributed by atoms with Gasteiger partial charge in [0.15, 0.2) is 0 Å². The van der Waals surface area contributed by atoms with E-state index >= 15 is 0 Å². The van der Waals surface area contributed by atoms with Crippen LogP contribution in [0.2, 0.25) is 0 Å². The Balaban J connectivity index is 1.38. The van der Waals surface area contributed by atoms with Crippen molar-refractivity contribution in [2.45, 2.75) is 6.54 Å². The van der Waals surface area contributed by atoms with Gasteiger partial charge in [0.1, 0.15) is 11.5 Å². The molecule has 1 aliphatic rings. The quantitative estimate of drug-likeness (QED) is 0.646. The van der Waals surface area contributed by atoms with Gasteiger partial charge >= 0.3 is 0 Å². The molecule has 1 aliphatic heterocycles. The molecule has 0 N–H and O–H groups in total. The molecule has 27 heavy (non-hydrogen) atoms. The van der Waals surface area contributed by atoms with Crippen molar-refractivity contribution in [1.82, 2.24) is 9.80 Å². The zero-order chi connectivity index (χ0) is 18.5. The first kappa shape index (κ1) is 17.8. The first-order chi connectivity index (χ1) is 13.3. The van der Waals surface area contributed by atoms with Crippen LogP contribution in [-0.4, -0.2) is 43.0 Å². The van der Waals surface area contributed by atoms with Crippen molar-refractivity contribution in [3.63, 3.8) is 0 Å². The van der Waals surface area contributed by atoms with E-state index in [1.807, 2.05) is 42.5 Å². The highest BCUT2D eigenvalue weighted by Gasteiger charge is 2.13. The molecule has 138 valence electrons. The van der Waals surface area contributed by atoms with Crippen LogP contribution in [0.1, 0.15) is 5.56 Å². The lowest BCUT2D eigenvalue weighted by Gasteiger charge is -2.32. The van der Waals surface area contributed by atoms with Crippen molar-refractivity contribution in [2.75, 3.05) is 33.2 Å². The van der Waals surface area contributed by atoms with Crippen LogP contribution >= 0.6 is 0 Å². The number of benzene rings is 3. The van der Waals surface area contributed by atoms with E-state index in [9.17, 15) is 0 Å². The molecule has 3 aromatic rings. The third-order valence-electron chi connectivity index (χ3n) is 5.12. The third-order valence-corrected chi connectivity index (χ3v) is 5.12. The molecule has 0 unspecified atom stereocenters. The molecule has 0 aromatic heterocycles. The Morgan fingerprint density at radius 3 is 1.85 bits per heavy atom. The highest BCUT2D eigenvalue weighted by Crippen LogP contribution is 2.26. The molecular formula is C24H26N2O.